The monoisotopic (exact) mass is 242 g/mol. The van der Waals surface area contributed by atoms with Crippen molar-refractivity contribution in [2.45, 2.75) is 26.7 Å². The standard InChI is InChI=1S/C14H16N2.C2H6/c15-13-7-3-11(4-8-13)1-2-12-5-9-14(16)10-6-12;1-2/h3-10H,1-2,15-16H2;1-2H3. The Kier molecular flexibility index (Phi) is 5.78. The molecule has 0 fully saturated rings. The molecule has 2 nitrogen and oxygen atoms in total. The number of anilines is 2. The van der Waals surface area contributed by atoms with E-state index in [0.717, 1.165) is 24.2 Å². The molecular weight excluding hydrogens is 220 g/mol. The molecule has 2 rings (SSSR count). The third-order valence-corrected chi connectivity index (χ3v) is 2.66. The van der Waals surface area contributed by atoms with Crippen LogP contribution in [0, 0.1) is 0 Å². The second-order valence-electron chi connectivity index (χ2n) is 3.98. The maximum absolute atomic E-state index is 5.64. The molecule has 2 heteroatoms. The fourth-order valence-electron chi connectivity index (χ4n) is 1.66. The molecular formula is C16H22N2. The fourth-order valence-corrected chi connectivity index (χ4v) is 1.66. The summed E-state index contributed by atoms with van der Waals surface area (Å²) in [6, 6.07) is 16.1. The first-order valence-corrected chi connectivity index (χ1v) is 6.43. The van der Waals surface area contributed by atoms with Crippen LogP contribution in [0.25, 0.3) is 0 Å². The summed E-state index contributed by atoms with van der Waals surface area (Å²) < 4.78 is 0. The lowest BCUT2D eigenvalue weighted by atomic mass is 10.0. The van der Waals surface area contributed by atoms with Crippen LogP contribution in [0.4, 0.5) is 11.4 Å². The number of aryl methyl sites for hydroxylation is 2. The second-order valence-corrected chi connectivity index (χ2v) is 3.98. The van der Waals surface area contributed by atoms with Crippen LogP contribution >= 0.6 is 0 Å². The molecule has 0 aliphatic carbocycles. The van der Waals surface area contributed by atoms with Crippen LogP contribution in [0.3, 0.4) is 0 Å². The Morgan fingerprint density at radius 2 is 0.889 bits per heavy atom. The Balaban J connectivity index is 0.000000771. The molecule has 4 N–H and O–H groups in total. The van der Waals surface area contributed by atoms with Gasteiger partial charge >= 0.3 is 0 Å². The molecule has 0 aromatic heterocycles. The first-order valence-electron chi connectivity index (χ1n) is 6.43. The Bertz CT molecular complexity index is 398. The number of rotatable bonds is 3. The highest BCUT2D eigenvalue weighted by atomic mass is 14.5. The van der Waals surface area contributed by atoms with Crippen LogP contribution in [0.2, 0.25) is 0 Å². The Morgan fingerprint density at radius 3 is 1.17 bits per heavy atom. The molecule has 0 bridgehead atoms. The predicted octanol–water partition coefficient (Wildman–Crippen LogP) is 3.66. The van der Waals surface area contributed by atoms with Crippen molar-refractivity contribution in [2.24, 2.45) is 0 Å². The van der Waals surface area contributed by atoms with Gasteiger partial charge in [0.25, 0.3) is 0 Å². The number of nitrogen functional groups attached to an aromatic ring is 2. The van der Waals surface area contributed by atoms with Crippen LogP contribution in [-0.2, 0) is 12.8 Å². The number of hydrogen-bond donors (Lipinski definition) is 2. The van der Waals surface area contributed by atoms with Crippen LogP contribution in [0.1, 0.15) is 25.0 Å². The molecule has 0 aliphatic heterocycles. The summed E-state index contributed by atoms with van der Waals surface area (Å²) in [5.74, 6) is 0. The van der Waals surface area contributed by atoms with Gasteiger partial charge in [0.1, 0.15) is 0 Å². The van der Waals surface area contributed by atoms with Crippen molar-refractivity contribution < 1.29 is 0 Å². The van der Waals surface area contributed by atoms with E-state index in [9.17, 15) is 0 Å². The van der Waals surface area contributed by atoms with E-state index in [4.69, 9.17) is 11.5 Å². The van der Waals surface area contributed by atoms with Gasteiger partial charge in [-0.15, -0.1) is 0 Å². The van der Waals surface area contributed by atoms with Crippen LogP contribution in [0.15, 0.2) is 48.5 Å². The van der Waals surface area contributed by atoms with Gasteiger partial charge in [0.2, 0.25) is 0 Å². The Hall–Kier alpha value is -1.96. The fraction of sp³-hybridized carbons (Fsp3) is 0.250. The molecule has 0 atom stereocenters. The average molecular weight is 242 g/mol. The maximum Gasteiger partial charge on any atom is 0.0314 e. The highest BCUT2D eigenvalue weighted by Crippen LogP contribution is 2.11. The molecule has 2 aromatic carbocycles. The largest absolute Gasteiger partial charge is 0.399 e. The molecule has 18 heavy (non-hydrogen) atoms. The van der Waals surface area contributed by atoms with E-state index in [1.54, 1.807) is 0 Å². The number of nitrogens with two attached hydrogens (primary N) is 2. The molecule has 96 valence electrons. The van der Waals surface area contributed by atoms with Gasteiger partial charge in [-0.2, -0.15) is 0 Å². The summed E-state index contributed by atoms with van der Waals surface area (Å²) in [5, 5.41) is 0. The van der Waals surface area contributed by atoms with Crippen molar-refractivity contribution >= 4 is 11.4 Å². The minimum atomic E-state index is 0.816. The minimum absolute atomic E-state index is 0.816. The Morgan fingerprint density at radius 1 is 0.611 bits per heavy atom. The minimum Gasteiger partial charge on any atom is -0.399 e. The van der Waals surface area contributed by atoms with Crippen LogP contribution in [0.5, 0.6) is 0 Å². The van der Waals surface area contributed by atoms with Gasteiger partial charge < -0.3 is 11.5 Å². The van der Waals surface area contributed by atoms with E-state index < -0.39 is 0 Å². The van der Waals surface area contributed by atoms with Gasteiger partial charge in [0.15, 0.2) is 0 Å². The molecule has 0 radical (unpaired) electrons. The van der Waals surface area contributed by atoms with Crippen LogP contribution in [-0.4, -0.2) is 0 Å². The van der Waals surface area contributed by atoms with Crippen LogP contribution < -0.4 is 11.5 Å². The molecule has 0 saturated heterocycles. The zero-order chi connectivity index (χ0) is 13.4. The third-order valence-electron chi connectivity index (χ3n) is 2.66. The maximum atomic E-state index is 5.64. The van der Waals surface area contributed by atoms with Gasteiger partial charge in [-0.1, -0.05) is 38.1 Å². The second kappa shape index (κ2) is 7.38. The first-order chi connectivity index (χ1) is 8.74. The Labute approximate surface area is 110 Å². The lowest BCUT2D eigenvalue weighted by Gasteiger charge is -2.03. The zero-order valence-electron chi connectivity index (χ0n) is 11.2. The van der Waals surface area contributed by atoms with Gasteiger partial charge in [-0.25, -0.2) is 0 Å². The smallest absolute Gasteiger partial charge is 0.0314 e. The van der Waals surface area contributed by atoms with E-state index >= 15 is 0 Å². The molecule has 0 aliphatic rings. The van der Waals surface area contributed by atoms with E-state index in [2.05, 4.69) is 24.3 Å². The summed E-state index contributed by atoms with van der Waals surface area (Å²) in [6.07, 6.45) is 2.06. The third kappa shape index (κ3) is 4.50. The average Bonchev–Trinajstić information content (AvgIpc) is 2.42. The molecule has 0 heterocycles. The van der Waals surface area contributed by atoms with Gasteiger partial charge in [-0.05, 0) is 48.2 Å². The van der Waals surface area contributed by atoms with Crippen molar-refractivity contribution in [3.8, 4) is 0 Å². The van der Waals surface area contributed by atoms with E-state index in [1.807, 2.05) is 38.1 Å². The van der Waals surface area contributed by atoms with Gasteiger partial charge in [0.05, 0.1) is 0 Å². The number of hydrogen-bond acceptors (Lipinski definition) is 2. The lowest BCUT2D eigenvalue weighted by Crippen LogP contribution is -1.93. The van der Waals surface area contributed by atoms with Crippen molar-refractivity contribution in [3.05, 3.63) is 59.7 Å². The van der Waals surface area contributed by atoms with E-state index in [1.165, 1.54) is 11.1 Å². The molecule has 0 unspecified atom stereocenters. The van der Waals surface area contributed by atoms with Crippen molar-refractivity contribution in [3.63, 3.8) is 0 Å². The van der Waals surface area contributed by atoms with Crippen molar-refractivity contribution in [2.75, 3.05) is 11.5 Å². The lowest BCUT2D eigenvalue weighted by molar-refractivity contribution is 0.961. The summed E-state index contributed by atoms with van der Waals surface area (Å²) in [7, 11) is 0. The van der Waals surface area contributed by atoms with Gasteiger partial charge in [0, 0.05) is 11.4 Å². The van der Waals surface area contributed by atoms with E-state index in [0.29, 0.717) is 0 Å². The highest BCUT2D eigenvalue weighted by Gasteiger charge is 1.96. The first kappa shape index (κ1) is 14.1. The molecule has 0 amide bonds. The number of benzene rings is 2. The SMILES string of the molecule is CC.Nc1ccc(CCc2ccc(N)cc2)cc1. The summed E-state index contributed by atoms with van der Waals surface area (Å²) >= 11 is 0. The van der Waals surface area contributed by atoms with Crippen molar-refractivity contribution in [1.29, 1.82) is 0 Å². The van der Waals surface area contributed by atoms with Gasteiger partial charge in [-0.3, -0.25) is 0 Å². The molecule has 0 spiro atoms. The van der Waals surface area contributed by atoms with Crippen molar-refractivity contribution in [1.82, 2.24) is 0 Å². The van der Waals surface area contributed by atoms with E-state index in [-0.39, 0.29) is 0 Å². The predicted molar refractivity (Wildman–Crippen MR) is 80.5 cm³/mol. The normalized spacial score (nSPS) is 9.44. The summed E-state index contributed by atoms with van der Waals surface area (Å²) in [5.41, 5.74) is 15.5. The molecule has 0 saturated carbocycles. The summed E-state index contributed by atoms with van der Waals surface area (Å²) in [6.45, 7) is 4.00. The molecule has 2 aromatic rings. The topological polar surface area (TPSA) is 52.0 Å². The quantitative estimate of drug-likeness (QED) is 0.807. The summed E-state index contributed by atoms with van der Waals surface area (Å²) in [4.78, 5) is 0. The zero-order valence-corrected chi connectivity index (χ0v) is 11.2. The highest BCUT2D eigenvalue weighted by molar-refractivity contribution is 5.41.